The summed E-state index contributed by atoms with van der Waals surface area (Å²) in [5.74, 6) is -0.533. The molecule has 0 aromatic heterocycles. The van der Waals surface area contributed by atoms with Crippen LogP contribution in [0.3, 0.4) is 0 Å². The largest absolute Gasteiger partial charge is 0.325 e. The number of sulfonamides is 1. The van der Waals surface area contributed by atoms with Crippen molar-refractivity contribution in [2.75, 3.05) is 18.6 Å². The topological polar surface area (TPSA) is 119 Å². The summed E-state index contributed by atoms with van der Waals surface area (Å²) < 4.78 is 59.9. The van der Waals surface area contributed by atoms with Crippen molar-refractivity contribution in [3.63, 3.8) is 0 Å². The van der Waals surface area contributed by atoms with Crippen LogP contribution in [0.15, 0.2) is 29.2 Å². The normalized spacial score (nSPS) is 12.3. The highest BCUT2D eigenvalue weighted by atomic mass is 32.2. The Labute approximate surface area is 121 Å². The van der Waals surface area contributed by atoms with Crippen LogP contribution in [0.5, 0.6) is 5.75 Å². The molecule has 1 aromatic carbocycles. The van der Waals surface area contributed by atoms with E-state index < -0.39 is 32.4 Å². The Morgan fingerprint density at radius 3 is 2.60 bits per heavy atom. The summed E-state index contributed by atoms with van der Waals surface area (Å²) in [5, 5.41) is 0. The third-order valence-electron chi connectivity index (χ3n) is 1.97. The van der Waals surface area contributed by atoms with Crippen LogP contribution in [0.4, 0.5) is 0 Å². The molecule has 2 N–H and O–H groups in total. The molecule has 0 saturated carbocycles. The Kier molecular flexibility index (Phi) is 6.23. The molecule has 1 aromatic rings. The molecule has 0 unspecified atom stereocenters. The van der Waals surface area contributed by atoms with Gasteiger partial charge in [-0.2, -0.15) is 8.42 Å². The minimum Gasteiger partial charge on any atom is -0.325 e. The SMILES string of the molecule is CSOOc1cccc(S(=O)(=O)NCCS(=O)(=O)O)c1. The van der Waals surface area contributed by atoms with Crippen molar-refractivity contribution >= 4 is 32.2 Å². The molecule has 1 rings (SSSR count). The maximum Gasteiger partial charge on any atom is 0.266 e. The molecule has 0 aliphatic carbocycles. The Bertz CT molecular complexity index is 641. The van der Waals surface area contributed by atoms with Gasteiger partial charge in [0.05, 0.1) is 10.6 Å². The van der Waals surface area contributed by atoms with E-state index in [1.807, 2.05) is 4.72 Å². The first kappa shape index (κ1) is 17.2. The third kappa shape index (κ3) is 6.07. The van der Waals surface area contributed by atoms with Gasteiger partial charge in [-0.3, -0.25) is 4.55 Å². The quantitative estimate of drug-likeness (QED) is 0.302. The molecular weight excluding hydrogens is 330 g/mol. The van der Waals surface area contributed by atoms with Crippen LogP contribution in [0.25, 0.3) is 0 Å². The maximum absolute atomic E-state index is 11.9. The fourth-order valence-corrected chi connectivity index (χ4v) is 2.86. The second kappa shape index (κ2) is 7.24. The van der Waals surface area contributed by atoms with E-state index in [9.17, 15) is 16.8 Å². The van der Waals surface area contributed by atoms with E-state index in [4.69, 9.17) is 9.44 Å². The maximum atomic E-state index is 11.9. The lowest BCUT2D eigenvalue weighted by molar-refractivity contribution is -0.0772. The van der Waals surface area contributed by atoms with E-state index in [0.717, 1.165) is 12.0 Å². The summed E-state index contributed by atoms with van der Waals surface area (Å²) in [5.41, 5.74) is 0. The number of nitrogens with one attached hydrogen (secondary N) is 1. The lowest BCUT2D eigenvalue weighted by Crippen LogP contribution is -2.29. The van der Waals surface area contributed by atoms with Gasteiger partial charge in [0.1, 0.15) is 0 Å². The first-order chi connectivity index (χ1) is 9.24. The minimum atomic E-state index is -4.22. The Hall–Kier alpha value is -0.850. The van der Waals surface area contributed by atoms with Gasteiger partial charge in [0, 0.05) is 30.9 Å². The van der Waals surface area contributed by atoms with Gasteiger partial charge in [-0.05, 0) is 12.1 Å². The van der Waals surface area contributed by atoms with Gasteiger partial charge in [0.15, 0.2) is 5.75 Å². The van der Waals surface area contributed by atoms with Crippen LogP contribution in [0.2, 0.25) is 0 Å². The highest BCUT2D eigenvalue weighted by Gasteiger charge is 2.16. The molecular formula is C9H13NO7S3. The van der Waals surface area contributed by atoms with Crippen molar-refractivity contribution in [2.24, 2.45) is 0 Å². The van der Waals surface area contributed by atoms with Crippen molar-refractivity contribution in [1.29, 1.82) is 0 Å². The fraction of sp³-hybridized carbons (Fsp3) is 0.333. The van der Waals surface area contributed by atoms with Gasteiger partial charge >= 0.3 is 0 Å². The molecule has 0 atom stereocenters. The molecule has 20 heavy (non-hydrogen) atoms. The standard InChI is InChI=1S/C9H13NO7S3/c1-18-17-16-8-3-2-4-9(7-8)20(14,15)10-5-6-19(11,12)13/h2-4,7,10H,5-6H2,1H3,(H,11,12,13). The van der Waals surface area contributed by atoms with Gasteiger partial charge in [-0.25, -0.2) is 13.1 Å². The van der Waals surface area contributed by atoms with Crippen molar-refractivity contribution in [1.82, 2.24) is 4.72 Å². The Morgan fingerprint density at radius 1 is 1.30 bits per heavy atom. The van der Waals surface area contributed by atoms with E-state index in [2.05, 4.69) is 4.33 Å². The molecule has 0 saturated heterocycles. The predicted octanol–water partition coefficient (Wildman–Crippen LogP) is 0.441. The minimum absolute atomic E-state index is 0.116. The molecule has 0 bridgehead atoms. The predicted molar refractivity (Wildman–Crippen MR) is 73.3 cm³/mol. The summed E-state index contributed by atoms with van der Waals surface area (Å²) in [7, 11) is -8.12. The average molecular weight is 343 g/mol. The van der Waals surface area contributed by atoms with Crippen LogP contribution >= 0.6 is 12.0 Å². The zero-order valence-electron chi connectivity index (χ0n) is 10.3. The molecule has 0 aliphatic rings. The van der Waals surface area contributed by atoms with Crippen LogP contribution in [0.1, 0.15) is 0 Å². The number of rotatable bonds is 8. The van der Waals surface area contributed by atoms with Gasteiger partial charge in [-0.1, -0.05) is 6.07 Å². The molecule has 11 heteroatoms. The number of hydrogen-bond donors (Lipinski definition) is 2. The molecule has 0 radical (unpaired) electrons. The second-order valence-corrected chi connectivity index (χ2v) is 7.29. The zero-order chi connectivity index (χ0) is 15.2. The van der Waals surface area contributed by atoms with Crippen LogP contribution in [-0.4, -0.2) is 39.9 Å². The van der Waals surface area contributed by atoms with Gasteiger partial charge in [-0.15, -0.1) is 4.33 Å². The van der Waals surface area contributed by atoms with E-state index in [1.165, 1.54) is 24.3 Å². The molecule has 0 fully saturated rings. The van der Waals surface area contributed by atoms with E-state index in [-0.39, 0.29) is 10.6 Å². The molecule has 114 valence electrons. The lowest BCUT2D eigenvalue weighted by atomic mass is 10.3. The number of hydrogen-bond acceptors (Lipinski definition) is 7. The summed E-state index contributed by atoms with van der Waals surface area (Å²) >= 11 is 0.945. The first-order valence-electron chi connectivity index (χ1n) is 5.17. The molecule has 0 amide bonds. The Balaban J connectivity index is 2.76. The second-order valence-electron chi connectivity index (χ2n) is 3.48. The van der Waals surface area contributed by atoms with Crippen molar-refractivity contribution in [3.8, 4) is 5.75 Å². The summed E-state index contributed by atoms with van der Waals surface area (Å²) in [6, 6.07) is 5.46. The highest BCUT2D eigenvalue weighted by molar-refractivity contribution is 7.93. The van der Waals surface area contributed by atoms with Gasteiger partial charge < -0.3 is 4.89 Å². The summed E-state index contributed by atoms with van der Waals surface area (Å²) in [6.07, 6.45) is 1.62. The van der Waals surface area contributed by atoms with Crippen LogP contribution in [0, 0.1) is 0 Å². The molecule has 0 heterocycles. The summed E-state index contributed by atoms with van der Waals surface area (Å²) in [6.45, 7) is -0.437. The van der Waals surface area contributed by atoms with E-state index in [1.54, 1.807) is 6.26 Å². The molecule has 8 nitrogen and oxygen atoms in total. The van der Waals surface area contributed by atoms with Gasteiger partial charge in [0.2, 0.25) is 10.0 Å². The van der Waals surface area contributed by atoms with Crippen LogP contribution in [-0.2, 0) is 24.5 Å². The van der Waals surface area contributed by atoms with Crippen molar-refractivity contribution in [2.45, 2.75) is 4.90 Å². The highest BCUT2D eigenvalue weighted by Crippen LogP contribution is 2.18. The number of benzene rings is 1. The average Bonchev–Trinajstić information content (AvgIpc) is 2.35. The van der Waals surface area contributed by atoms with Crippen molar-refractivity contribution in [3.05, 3.63) is 24.3 Å². The van der Waals surface area contributed by atoms with Gasteiger partial charge in [0.25, 0.3) is 10.1 Å². The molecule has 0 aliphatic heterocycles. The van der Waals surface area contributed by atoms with Crippen molar-refractivity contribution < 1.29 is 30.6 Å². The smallest absolute Gasteiger partial charge is 0.266 e. The monoisotopic (exact) mass is 343 g/mol. The fourth-order valence-electron chi connectivity index (χ4n) is 1.15. The first-order valence-corrected chi connectivity index (χ1v) is 9.41. The van der Waals surface area contributed by atoms with E-state index in [0.29, 0.717) is 0 Å². The molecule has 0 spiro atoms. The van der Waals surface area contributed by atoms with Crippen LogP contribution < -0.4 is 9.61 Å². The zero-order valence-corrected chi connectivity index (χ0v) is 12.8. The lowest BCUT2D eigenvalue weighted by Gasteiger charge is -2.07. The third-order valence-corrected chi connectivity index (χ3v) is 4.35. The summed E-state index contributed by atoms with van der Waals surface area (Å²) in [4.78, 5) is 4.67. The Morgan fingerprint density at radius 2 is 2.00 bits per heavy atom. The van der Waals surface area contributed by atoms with E-state index >= 15 is 0 Å².